The maximum Gasteiger partial charge on any atom is 0.498 e. The predicted molar refractivity (Wildman–Crippen MR) is 126 cm³/mol. The third-order valence-corrected chi connectivity index (χ3v) is 7.18. The van der Waals surface area contributed by atoms with Crippen LogP contribution in [0.2, 0.25) is 0 Å². The number of carbonyl (C=O) groups is 1. The summed E-state index contributed by atoms with van der Waals surface area (Å²) in [5, 5.41) is 0. The topological polar surface area (TPSA) is 54.0 Å². The maximum atomic E-state index is 12.1. The Labute approximate surface area is 193 Å². The van der Waals surface area contributed by atoms with E-state index in [1.807, 2.05) is 27.7 Å². The fourth-order valence-electron chi connectivity index (χ4n) is 3.57. The number of rotatable bonds is 6. The zero-order valence-electron chi connectivity index (χ0n) is 19.3. The van der Waals surface area contributed by atoms with Crippen LogP contribution in [-0.2, 0) is 20.5 Å². The van der Waals surface area contributed by atoms with Gasteiger partial charge in [-0.05, 0) is 70.9 Å². The Kier molecular flexibility index (Phi) is 6.89. The minimum atomic E-state index is -0.641. The lowest BCUT2D eigenvalue weighted by Gasteiger charge is -2.32. The normalized spacial score (nSPS) is 17.0. The lowest BCUT2D eigenvalue weighted by atomic mass is 9.77. The molecular weight excluding hydrogens is 459 g/mol. The molecule has 0 spiro atoms. The van der Waals surface area contributed by atoms with Gasteiger partial charge in [0.05, 0.1) is 30.5 Å². The van der Waals surface area contributed by atoms with Crippen molar-refractivity contribution in [3.8, 4) is 5.75 Å². The molecule has 7 heteroatoms. The molecule has 0 atom stereocenters. The number of benzene rings is 2. The Morgan fingerprint density at radius 1 is 1.06 bits per heavy atom. The number of ether oxygens (including phenoxy) is 2. The second-order valence-electron chi connectivity index (χ2n) is 8.99. The van der Waals surface area contributed by atoms with Gasteiger partial charge in [0, 0.05) is 16.4 Å². The van der Waals surface area contributed by atoms with E-state index in [1.165, 1.54) is 23.8 Å². The van der Waals surface area contributed by atoms with Crippen LogP contribution in [0.5, 0.6) is 5.75 Å². The molecule has 0 aliphatic carbocycles. The van der Waals surface area contributed by atoms with Gasteiger partial charge in [0.15, 0.2) is 0 Å². The largest absolute Gasteiger partial charge is 0.498 e. The molecule has 1 heterocycles. The van der Waals surface area contributed by atoms with E-state index in [-0.39, 0.29) is 0 Å². The zero-order chi connectivity index (χ0) is 23.0. The third-order valence-electron chi connectivity index (χ3n) is 6.04. The van der Waals surface area contributed by atoms with Gasteiger partial charge in [-0.15, -0.1) is 0 Å². The van der Waals surface area contributed by atoms with Crippen molar-refractivity contribution >= 4 is 34.5 Å². The van der Waals surface area contributed by atoms with E-state index in [0.717, 1.165) is 10.9 Å². The van der Waals surface area contributed by atoms with Gasteiger partial charge in [0.1, 0.15) is 5.75 Å². The van der Waals surface area contributed by atoms with E-state index in [1.54, 1.807) is 18.2 Å². The third kappa shape index (κ3) is 4.99. The Morgan fingerprint density at radius 2 is 1.71 bits per heavy atom. The van der Waals surface area contributed by atoms with Gasteiger partial charge in [0.2, 0.25) is 0 Å². The van der Waals surface area contributed by atoms with E-state index in [0.29, 0.717) is 23.4 Å². The first kappa shape index (κ1) is 23.8. The van der Waals surface area contributed by atoms with E-state index in [4.69, 9.17) is 18.8 Å². The standard InChI is InChI=1S/C24H30BBrO5/c1-15-12-16(2)21(26)17(13-15)10-11-29-20-9-8-18(22(27)28-7)14-19(20)25-30-23(3,4)24(5,6)31-25/h8-9,12-14H,10-11H2,1-7H3. The fourth-order valence-corrected chi connectivity index (χ4v) is 4.00. The van der Waals surface area contributed by atoms with Crippen LogP contribution in [0.3, 0.4) is 0 Å². The summed E-state index contributed by atoms with van der Waals surface area (Å²) in [6, 6.07) is 9.52. The maximum absolute atomic E-state index is 12.1. The number of esters is 1. The number of carbonyl (C=O) groups excluding carboxylic acids is 1. The molecule has 0 radical (unpaired) electrons. The number of hydrogen-bond donors (Lipinski definition) is 0. The molecule has 1 saturated heterocycles. The predicted octanol–water partition coefficient (Wildman–Crippen LogP) is 4.77. The molecule has 0 aromatic heterocycles. The highest BCUT2D eigenvalue weighted by atomic mass is 79.9. The summed E-state index contributed by atoms with van der Waals surface area (Å²) in [7, 11) is 0.723. The van der Waals surface area contributed by atoms with Gasteiger partial charge in [-0.2, -0.15) is 0 Å². The van der Waals surface area contributed by atoms with Crippen LogP contribution in [0.15, 0.2) is 34.8 Å². The summed E-state index contributed by atoms with van der Waals surface area (Å²) in [6.07, 6.45) is 0.741. The fraction of sp³-hybridized carbons (Fsp3) is 0.458. The summed E-state index contributed by atoms with van der Waals surface area (Å²) in [4.78, 5) is 12.1. The number of hydrogen-bond acceptors (Lipinski definition) is 5. The number of halogens is 1. The Bertz CT molecular complexity index is 970. The molecule has 1 fully saturated rings. The van der Waals surface area contributed by atoms with Crippen LogP contribution in [0.4, 0.5) is 0 Å². The molecular formula is C24H30BBrO5. The zero-order valence-corrected chi connectivity index (χ0v) is 20.9. The van der Waals surface area contributed by atoms with Crippen molar-refractivity contribution in [2.75, 3.05) is 13.7 Å². The molecule has 166 valence electrons. The highest BCUT2D eigenvalue weighted by Crippen LogP contribution is 2.37. The molecule has 0 amide bonds. The average Bonchev–Trinajstić information content (AvgIpc) is 2.92. The van der Waals surface area contributed by atoms with Crippen molar-refractivity contribution in [2.45, 2.75) is 59.2 Å². The van der Waals surface area contributed by atoms with Crippen molar-refractivity contribution in [1.82, 2.24) is 0 Å². The Morgan fingerprint density at radius 3 is 2.32 bits per heavy atom. The molecule has 1 aliphatic rings. The monoisotopic (exact) mass is 488 g/mol. The van der Waals surface area contributed by atoms with Crippen molar-refractivity contribution < 1.29 is 23.6 Å². The van der Waals surface area contributed by atoms with Gasteiger partial charge >= 0.3 is 13.1 Å². The van der Waals surface area contributed by atoms with Crippen molar-refractivity contribution in [1.29, 1.82) is 0 Å². The number of aryl methyl sites for hydroxylation is 2. The van der Waals surface area contributed by atoms with Crippen LogP contribution in [0.1, 0.15) is 54.7 Å². The molecule has 2 aromatic rings. The lowest BCUT2D eigenvalue weighted by Crippen LogP contribution is -2.41. The first-order valence-electron chi connectivity index (χ1n) is 10.4. The van der Waals surface area contributed by atoms with E-state index >= 15 is 0 Å². The molecule has 31 heavy (non-hydrogen) atoms. The summed E-state index contributed by atoms with van der Waals surface area (Å²) >= 11 is 3.68. The van der Waals surface area contributed by atoms with Crippen LogP contribution in [-0.4, -0.2) is 38.0 Å². The smallest absolute Gasteiger partial charge is 0.494 e. The van der Waals surface area contributed by atoms with Crippen LogP contribution in [0.25, 0.3) is 0 Å². The van der Waals surface area contributed by atoms with Crippen LogP contribution >= 0.6 is 15.9 Å². The van der Waals surface area contributed by atoms with E-state index < -0.39 is 24.3 Å². The van der Waals surface area contributed by atoms with E-state index in [2.05, 4.69) is 41.9 Å². The van der Waals surface area contributed by atoms with Crippen molar-refractivity contribution in [3.05, 3.63) is 57.1 Å². The summed E-state index contributed by atoms with van der Waals surface area (Å²) in [5.41, 5.74) is 3.73. The van der Waals surface area contributed by atoms with E-state index in [9.17, 15) is 4.79 Å². The van der Waals surface area contributed by atoms with Crippen LogP contribution < -0.4 is 10.2 Å². The lowest BCUT2D eigenvalue weighted by molar-refractivity contribution is 0.00578. The van der Waals surface area contributed by atoms with Gasteiger partial charge in [-0.3, -0.25) is 0 Å². The Balaban J connectivity index is 1.86. The van der Waals surface area contributed by atoms with Gasteiger partial charge in [-0.1, -0.05) is 33.6 Å². The minimum Gasteiger partial charge on any atom is -0.494 e. The highest BCUT2D eigenvalue weighted by Gasteiger charge is 2.52. The molecule has 2 aromatic carbocycles. The molecule has 5 nitrogen and oxygen atoms in total. The molecule has 0 bridgehead atoms. The second-order valence-corrected chi connectivity index (χ2v) is 9.78. The SMILES string of the molecule is COC(=O)c1ccc(OCCc2cc(C)cc(C)c2Br)c(B2OC(C)(C)C(C)(C)O2)c1. The average molecular weight is 489 g/mol. The minimum absolute atomic E-state index is 0.413. The molecule has 0 unspecified atom stereocenters. The molecule has 0 N–H and O–H groups in total. The quantitative estimate of drug-likeness (QED) is 0.432. The Hall–Kier alpha value is -1.83. The second kappa shape index (κ2) is 8.97. The van der Waals surface area contributed by atoms with Gasteiger partial charge < -0.3 is 18.8 Å². The summed E-state index contributed by atoms with van der Waals surface area (Å²) < 4.78 is 24.6. The highest BCUT2D eigenvalue weighted by molar-refractivity contribution is 9.10. The first-order valence-corrected chi connectivity index (χ1v) is 11.2. The van der Waals surface area contributed by atoms with Gasteiger partial charge in [0.25, 0.3) is 0 Å². The van der Waals surface area contributed by atoms with Crippen molar-refractivity contribution in [3.63, 3.8) is 0 Å². The molecule has 3 rings (SSSR count). The summed E-state index contributed by atoms with van der Waals surface area (Å²) in [6.45, 7) is 12.6. The first-order chi connectivity index (χ1) is 14.4. The van der Waals surface area contributed by atoms with Crippen LogP contribution in [0, 0.1) is 13.8 Å². The molecule has 0 saturated carbocycles. The molecule has 1 aliphatic heterocycles. The number of methoxy groups -OCH3 is 1. The van der Waals surface area contributed by atoms with Crippen molar-refractivity contribution in [2.24, 2.45) is 0 Å². The van der Waals surface area contributed by atoms with Gasteiger partial charge in [-0.25, -0.2) is 4.79 Å². The summed E-state index contributed by atoms with van der Waals surface area (Å²) in [5.74, 6) is 0.218.